The van der Waals surface area contributed by atoms with E-state index < -0.39 is 5.97 Å². The molecule has 0 saturated heterocycles. The van der Waals surface area contributed by atoms with Gasteiger partial charge in [-0.25, -0.2) is 4.79 Å². The van der Waals surface area contributed by atoms with Gasteiger partial charge >= 0.3 is 5.97 Å². The van der Waals surface area contributed by atoms with E-state index in [2.05, 4.69) is 19.2 Å². The number of aliphatic hydroxyl groups is 1. The second kappa shape index (κ2) is 6.25. The lowest BCUT2D eigenvalue weighted by Crippen LogP contribution is -2.25. The molecule has 1 unspecified atom stereocenters. The van der Waals surface area contributed by atoms with Gasteiger partial charge in [0, 0.05) is 11.7 Å². The van der Waals surface area contributed by atoms with Crippen LogP contribution >= 0.6 is 0 Å². The Morgan fingerprint density at radius 3 is 2.29 bits per heavy atom. The first kappa shape index (κ1) is 13.5. The third kappa shape index (κ3) is 4.44. The molecule has 4 nitrogen and oxygen atoms in total. The molecule has 1 aromatic carbocycles. The first-order valence-electron chi connectivity index (χ1n) is 5.73. The van der Waals surface area contributed by atoms with Gasteiger partial charge in [0.2, 0.25) is 0 Å². The van der Waals surface area contributed by atoms with Crippen LogP contribution < -0.4 is 5.32 Å². The molecule has 94 valence electrons. The smallest absolute Gasteiger partial charge is 0.335 e. The first-order valence-corrected chi connectivity index (χ1v) is 5.73. The van der Waals surface area contributed by atoms with Crippen LogP contribution in [0.4, 0.5) is 5.69 Å². The lowest BCUT2D eigenvalue weighted by molar-refractivity contribution is 0.0697. The van der Waals surface area contributed by atoms with Crippen molar-refractivity contribution in [1.82, 2.24) is 0 Å². The van der Waals surface area contributed by atoms with Crippen molar-refractivity contribution in [2.45, 2.75) is 26.3 Å². The summed E-state index contributed by atoms with van der Waals surface area (Å²) in [4.78, 5) is 10.7. The van der Waals surface area contributed by atoms with Crippen molar-refractivity contribution in [1.29, 1.82) is 0 Å². The molecule has 0 bridgehead atoms. The van der Waals surface area contributed by atoms with Gasteiger partial charge in [-0.05, 0) is 36.6 Å². The zero-order chi connectivity index (χ0) is 12.8. The standard InChI is InChI=1S/C13H19NO3/c1-9(2)7-12(8-15)14-11-5-3-10(4-6-11)13(16)17/h3-6,9,12,14-15H,7-8H2,1-2H3,(H,16,17). The van der Waals surface area contributed by atoms with Gasteiger partial charge in [0.15, 0.2) is 0 Å². The zero-order valence-corrected chi connectivity index (χ0v) is 10.2. The summed E-state index contributed by atoms with van der Waals surface area (Å²) in [6.45, 7) is 4.26. The summed E-state index contributed by atoms with van der Waals surface area (Å²) >= 11 is 0. The predicted molar refractivity (Wildman–Crippen MR) is 67.4 cm³/mol. The SMILES string of the molecule is CC(C)CC(CO)Nc1ccc(C(=O)O)cc1. The Hall–Kier alpha value is -1.55. The van der Waals surface area contributed by atoms with E-state index in [1.165, 1.54) is 0 Å². The largest absolute Gasteiger partial charge is 0.478 e. The van der Waals surface area contributed by atoms with Crippen molar-refractivity contribution >= 4 is 11.7 Å². The van der Waals surface area contributed by atoms with Crippen LogP contribution in [-0.4, -0.2) is 28.8 Å². The Morgan fingerprint density at radius 1 is 1.29 bits per heavy atom. The van der Waals surface area contributed by atoms with E-state index in [1.54, 1.807) is 24.3 Å². The second-order valence-corrected chi connectivity index (χ2v) is 4.54. The minimum absolute atomic E-state index is 0.00526. The fourth-order valence-corrected chi connectivity index (χ4v) is 1.69. The van der Waals surface area contributed by atoms with Crippen LogP contribution in [0, 0.1) is 5.92 Å². The van der Waals surface area contributed by atoms with Gasteiger partial charge in [-0.3, -0.25) is 0 Å². The summed E-state index contributed by atoms with van der Waals surface area (Å²) in [7, 11) is 0. The Balaban J connectivity index is 2.64. The van der Waals surface area contributed by atoms with Crippen molar-refractivity contribution in [3.63, 3.8) is 0 Å². The molecule has 3 N–H and O–H groups in total. The summed E-state index contributed by atoms with van der Waals surface area (Å²) in [5.74, 6) is -0.435. The molecule has 0 heterocycles. The maximum Gasteiger partial charge on any atom is 0.335 e. The number of carboxylic acids is 1. The minimum Gasteiger partial charge on any atom is -0.478 e. The Bertz CT molecular complexity index is 359. The van der Waals surface area contributed by atoms with Crippen molar-refractivity contribution < 1.29 is 15.0 Å². The highest BCUT2D eigenvalue weighted by Gasteiger charge is 2.09. The number of carbonyl (C=O) groups is 1. The van der Waals surface area contributed by atoms with Gasteiger partial charge in [0.05, 0.1) is 12.2 Å². The molecule has 4 heteroatoms. The van der Waals surface area contributed by atoms with E-state index >= 15 is 0 Å². The van der Waals surface area contributed by atoms with E-state index in [0.717, 1.165) is 12.1 Å². The lowest BCUT2D eigenvalue weighted by atomic mass is 10.0. The van der Waals surface area contributed by atoms with Crippen LogP contribution in [0.1, 0.15) is 30.6 Å². The molecule has 1 rings (SSSR count). The van der Waals surface area contributed by atoms with Gasteiger partial charge in [-0.2, -0.15) is 0 Å². The fraction of sp³-hybridized carbons (Fsp3) is 0.462. The summed E-state index contributed by atoms with van der Waals surface area (Å²) < 4.78 is 0. The van der Waals surface area contributed by atoms with Crippen molar-refractivity contribution in [2.75, 3.05) is 11.9 Å². The normalized spacial score (nSPS) is 12.5. The molecule has 0 radical (unpaired) electrons. The Labute approximate surface area is 101 Å². The number of nitrogens with one attached hydrogen (secondary N) is 1. The average Bonchev–Trinajstić information content (AvgIpc) is 2.28. The molecule has 0 aliphatic carbocycles. The molecular formula is C13H19NO3. The molecule has 0 spiro atoms. The van der Waals surface area contributed by atoms with E-state index in [4.69, 9.17) is 5.11 Å². The van der Waals surface area contributed by atoms with Crippen LogP contribution in [0.2, 0.25) is 0 Å². The number of carboxylic acid groups (broad SMARTS) is 1. The molecule has 0 saturated carbocycles. The molecule has 0 aliphatic heterocycles. The maximum atomic E-state index is 10.7. The minimum atomic E-state index is -0.933. The highest BCUT2D eigenvalue weighted by atomic mass is 16.4. The number of aliphatic hydroxyl groups excluding tert-OH is 1. The number of benzene rings is 1. The molecule has 17 heavy (non-hydrogen) atoms. The molecule has 0 aromatic heterocycles. The number of hydrogen-bond acceptors (Lipinski definition) is 3. The predicted octanol–water partition coefficient (Wildman–Crippen LogP) is 2.20. The highest BCUT2D eigenvalue weighted by molar-refractivity contribution is 5.87. The second-order valence-electron chi connectivity index (χ2n) is 4.54. The van der Waals surface area contributed by atoms with Crippen LogP contribution in [0.25, 0.3) is 0 Å². The van der Waals surface area contributed by atoms with Crippen molar-refractivity contribution in [3.8, 4) is 0 Å². The monoisotopic (exact) mass is 237 g/mol. The highest BCUT2D eigenvalue weighted by Crippen LogP contribution is 2.14. The van der Waals surface area contributed by atoms with Gasteiger partial charge in [0.25, 0.3) is 0 Å². The zero-order valence-electron chi connectivity index (χ0n) is 10.2. The van der Waals surface area contributed by atoms with Gasteiger partial charge in [-0.1, -0.05) is 13.8 Å². The summed E-state index contributed by atoms with van der Waals surface area (Å²) in [6, 6.07) is 6.53. The third-order valence-electron chi connectivity index (χ3n) is 2.48. The van der Waals surface area contributed by atoms with E-state index in [-0.39, 0.29) is 18.2 Å². The van der Waals surface area contributed by atoms with Crippen LogP contribution in [0.15, 0.2) is 24.3 Å². The molecule has 0 fully saturated rings. The van der Waals surface area contributed by atoms with Crippen molar-refractivity contribution in [2.24, 2.45) is 5.92 Å². The Kier molecular flexibility index (Phi) is 4.97. The van der Waals surface area contributed by atoms with Gasteiger partial charge < -0.3 is 15.5 Å². The molecule has 0 aliphatic rings. The summed E-state index contributed by atoms with van der Waals surface area (Å²) in [6.07, 6.45) is 0.872. The number of rotatable bonds is 6. The van der Waals surface area contributed by atoms with E-state index in [0.29, 0.717) is 5.92 Å². The summed E-state index contributed by atoms with van der Waals surface area (Å²) in [5.41, 5.74) is 1.09. The maximum absolute atomic E-state index is 10.7. The van der Waals surface area contributed by atoms with E-state index in [1.807, 2.05) is 0 Å². The average molecular weight is 237 g/mol. The number of aromatic carboxylic acids is 1. The van der Waals surface area contributed by atoms with Crippen molar-refractivity contribution in [3.05, 3.63) is 29.8 Å². The van der Waals surface area contributed by atoms with E-state index in [9.17, 15) is 9.90 Å². The molecule has 1 atom stereocenters. The lowest BCUT2D eigenvalue weighted by Gasteiger charge is -2.19. The van der Waals surface area contributed by atoms with Crippen LogP contribution in [0.3, 0.4) is 0 Å². The molecule has 0 amide bonds. The first-order chi connectivity index (χ1) is 8.02. The summed E-state index contributed by atoms with van der Waals surface area (Å²) in [5, 5.41) is 21.2. The fourth-order valence-electron chi connectivity index (χ4n) is 1.69. The van der Waals surface area contributed by atoms with Crippen LogP contribution in [0.5, 0.6) is 0 Å². The quantitative estimate of drug-likeness (QED) is 0.709. The van der Waals surface area contributed by atoms with Gasteiger partial charge in [-0.15, -0.1) is 0 Å². The molecule has 1 aromatic rings. The number of anilines is 1. The number of hydrogen-bond donors (Lipinski definition) is 3. The topological polar surface area (TPSA) is 69.6 Å². The third-order valence-corrected chi connectivity index (χ3v) is 2.48. The van der Waals surface area contributed by atoms with Gasteiger partial charge in [0.1, 0.15) is 0 Å². The Morgan fingerprint density at radius 2 is 1.88 bits per heavy atom. The van der Waals surface area contributed by atoms with Crippen LogP contribution in [-0.2, 0) is 0 Å². The molecular weight excluding hydrogens is 218 g/mol.